The topological polar surface area (TPSA) is 27.7 Å². The number of hydrogen-bond donors (Lipinski definition) is 0. The van der Waals surface area contributed by atoms with Crippen molar-refractivity contribution in [2.45, 2.75) is 47.0 Å². The summed E-state index contributed by atoms with van der Waals surface area (Å²) in [7, 11) is -2.62. The summed E-state index contributed by atoms with van der Waals surface area (Å²) in [5.41, 5.74) is 1.46. The van der Waals surface area contributed by atoms with Gasteiger partial charge in [0.25, 0.3) is 0 Å². The van der Waals surface area contributed by atoms with Gasteiger partial charge in [0.1, 0.15) is 0 Å². The van der Waals surface area contributed by atoms with Gasteiger partial charge in [-0.2, -0.15) is 0 Å². The number of rotatable bonds is 9. The van der Waals surface area contributed by atoms with Crippen LogP contribution in [0.25, 0.3) is 0 Å². The highest BCUT2D eigenvalue weighted by Gasteiger charge is 2.45. The molecule has 0 saturated carbocycles. The van der Waals surface area contributed by atoms with Crippen molar-refractivity contribution in [2.75, 3.05) is 19.8 Å². The van der Waals surface area contributed by atoms with Crippen LogP contribution in [0.5, 0.6) is 0 Å². The van der Waals surface area contributed by atoms with E-state index in [1.165, 1.54) is 17.2 Å². The Bertz CT molecular complexity index is 293. The second-order valence-corrected chi connectivity index (χ2v) is 6.92. The summed E-state index contributed by atoms with van der Waals surface area (Å²) in [6.45, 7) is 10.1. The molecular formula is C14H26O3Si. The van der Waals surface area contributed by atoms with E-state index in [0.717, 1.165) is 12.8 Å². The van der Waals surface area contributed by atoms with Crippen molar-refractivity contribution in [1.29, 1.82) is 0 Å². The lowest BCUT2D eigenvalue weighted by molar-refractivity contribution is 0.0802. The highest BCUT2D eigenvalue weighted by molar-refractivity contribution is 6.69. The Balaban J connectivity index is 2.78. The van der Waals surface area contributed by atoms with Crippen LogP contribution >= 0.6 is 0 Å². The molecule has 4 heteroatoms. The maximum atomic E-state index is 5.91. The molecule has 0 atom stereocenters. The van der Waals surface area contributed by atoms with Crippen LogP contribution in [0.3, 0.4) is 0 Å². The zero-order chi connectivity index (χ0) is 13.4. The van der Waals surface area contributed by atoms with Crippen LogP contribution < -0.4 is 0 Å². The van der Waals surface area contributed by atoms with E-state index in [1.807, 2.05) is 20.8 Å². The third-order valence-corrected chi connectivity index (χ3v) is 6.04. The molecule has 1 aliphatic carbocycles. The Morgan fingerprint density at radius 2 is 1.50 bits per heavy atom. The van der Waals surface area contributed by atoms with Crippen LogP contribution in [0.1, 0.15) is 47.0 Å². The van der Waals surface area contributed by atoms with Gasteiger partial charge in [-0.3, -0.25) is 0 Å². The molecule has 0 aromatic heterocycles. The molecule has 0 aromatic rings. The van der Waals surface area contributed by atoms with Crippen LogP contribution in [-0.2, 0) is 13.3 Å². The van der Waals surface area contributed by atoms with E-state index >= 15 is 0 Å². The minimum absolute atomic E-state index is 0.632. The average Bonchev–Trinajstić information content (AvgIpc) is 2.79. The van der Waals surface area contributed by atoms with Gasteiger partial charge in [-0.15, -0.1) is 0 Å². The van der Waals surface area contributed by atoms with Crippen molar-refractivity contribution in [3.63, 3.8) is 0 Å². The first-order valence-electron chi connectivity index (χ1n) is 7.03. The molecule has 0 bridgehead atoms. The van der Waals surface area contributed by atoms with Gasteiger partial charge in [-0.05, 0) is 33.6 Å². The van der Waals surface area contributed by atoms with E-state index in [2.05, 4.69) is 19.1 Å². The zero-order valence-electron chi connectivity index (χ0n) is 12.1. The second-order valence-electron chi connectivity index (χ2n) is 4.30. The van der Waals surface area contributed by atoms with Crippen molar-refractivity contribution in [3.8, 4) is 0 Å². The standard InChI is InChI=1S/C14H26O3Si/c1-5-9-13-10-11-14(12-13)18(15-6-2,16-7-3)17-8-4/h10-11H,5-9,12H2,1-4H3. The van der Waals surface area contributed by atoms with Gasteiger partial charge < -0.3 is 13.3 Å². The third kappa shape index (κ3) is 3.78. The molecule has 18 heavy (non-hydrogen) atoms. The zero-order valence-corrected chi connectivity index (χ0v) is 13.1. The molecule has 1 aliphatic rings. The molecular weight excluding hydrogens is 244 g/mol. The molecule has 0 aromatic carbocycles. The van der Waals surface area contributed by atoms with Gasteiger partial charge in [-0.25, -0.2) is 0 Å². The smallest absolute Gasteiger partial charge is 0.370 e. The predicted molar refractivity (Wildman–Crippen MR) is 76.3 cm³/mol. The summed E-state index contributed by atoms with van der Waals surface area (Å²) in [6.07, 6.45) is 7.64. The van der Waals surface area contributed by atoms with Crippen LogP contribution in [0.15, 0.2) is 22.9 Å². The van der Waals surface area contributed by atoms with Crippen molar-refractivity contribution in [2.24, 2.45) is 0 Å². The molecule has 0 N–H and O–H groups in total. The molecule has 0 saturated heterocycles. The first-order chi connectivity index (χ1) is 8.72. The van der Waals surface area contributed by atoms with Gasteiger partial charge >= 0.3 is 8.80 Å². The maximum Gasteiger partial charge on any atom is 0.533 e. The van der Waals surface area contributed by atoms with Crippen molar-refractivity contribution >= 4 is 8.80 Å². The first-order valence-corrected chi connectivity index (χ1v) is 8.75. The van der Waals surface area contributed by atoms with E-state index in [-0.39, 0.29) is 0 Å². The molecule has 0 radical (unpaired) electrons. The highest BCUT2D eigenvalue weighted by Crippen LogP contribution is 2.32. The lowest BCUT2D eigenvalue weighted by atomic mass is 10.1. The second kappa shape index (κ2) is 7.89. The van der Waals surface area contributed by atoms with Crippen LogP contribution in [0.2, 0.25) is 0 Å². The SMILES string of the molecule is CCCC1=CC=C([Si](OCC)(OCC)OCC)C1. The molecule has 0 spiro atoms. The van der Waals surface area contributed by atoms with E-state index in [1.54, 1.807) is 0 Å². The van der Waals surface area contributed by atoms with E-state index < -0.39 is 8.80 Å². The van der Waals surface area contributed by atoms with E-state index in [4.69, 9.17) is 13.3 Å². The highest BCUT2D eigenvalue weighted by atomic mass is 28.4. The van der Waals surface area contributed by atoms with Gasteiger partial charge in [0.15, 0.2) is 0 Å². The summed E-state index contributed by atoms with van der Waals surface area (Å²) < 4.78 is 17.7. The Labute approximate surface area is 112 Å². The fourth-order valence-corrected chi connectivity index (χ4v) is 4.93. The van der Waals surface area contributed by atoms with Crippen LogP contribution in [0, 0.1) is 0 Å². The van der Waals surface area contributed by atoms with Crippen molar-refractivity contribution < 1.29 is 13.3 Å². The number of hydrogen-bond acceptors (Lipinski definition) is 3. The lowest BCUT2D eigenvalue weighted by Crippen LogP contribution is -2.48. The van der Waals surface area contributed by atoms with Crippen LogP contribution in [0.4, 0.5) is 0 Å². The largest absolute Gasteiger partial charge is 0.533 e. The summed E-state index contributed by atoms with van der Waals surface area (Å²) >= 11 is 0. The van der Waals surface area contributed by atoms with Gasteiger partial charge in [0.2, 0.25) is 0 Å². The van der Waals surface area contributed by atoms with Crippen molar-refractivity contribution in [3.05, 3.63) is 22.9 Å². The lowest BCUT2D eigenvalue weighted by Gasteiger charge is -2.29. The maximum absolute atomic E-state index is 5.91. The Morgan fingerprint density at radius 1 is 0.944 bits per heavy atom. The summed E-state index contributed by atoms with van der Waals surface area (Å²) in [5.74, 6) is 0. The molecule has 3 nitrogen and oxygen atoms in total. The van der Waals surface area contributed by atoms with E-state index in [9.17, 15) is 0 Å². The summed E-state index contributed by atoms with van der Waals surface area (Å²) in [6, 6.07) is 0. The van der Waals surface area contributed by atoms with Crippen molar-refractivity contribution in [1.82, 2.24) is 0 Å². The van der Waals surface area contributed by atoms with E-state index in [0.29, 0.717) is 19.8 Å². The minimum Gasteiger partial charge on any atom is -0.370 e. The monoisotopic (exact) mass is 270 g/mol. The molecule has 0 fully saturated rings. The average molecular weight is 270 g/mol. The first kappa shape index (κ1) is 15.6. The fourth-order valence-electron chi connectivity index (χ4n) is 2.26. The molecule has 1 rings (SSSR count). The molecule has 104 valence electrons. The molecule has 0 amide bonds. The molecule has 0 aliphatic heterocycles. The fraction of sp³-hybridized carbons (Fsp3) is 0.714. The van der Waals surface area contributed by atoms with Gasteiger partial charge in [0, 0.05) is 25.0 Å². The Hall–Kier alpha value is -0.423. The summed E-state index contributed by atoms with van der Waals surface area (Å²) in [4.78, 5) is 0. The van der Waals surface area contributed by atoms with Crippen LogP contribution in [-0.4, -0.2) is 28.6 Å². The molecule has 0 unspecified atom stereocenters. The predicted octanol–water partition coefficient (Wildman–Crippen LogP) is 3.63. The minimum atomic E-state index is -2.62. The number of allylic oxidation sites excluding steroid dienone is 4. The molecule has 0 heterocycles. The third-order valence-electron chi connectivity index (χ3n) is 2.91. The Kier molecular flexibility index (Phi) is 6.85. The normalized spacial score (nSPS) is 15.8. The van der Waals surface area contributed by atoms with Gasteiger partial charge in [0.05, 0.1) is 0 Å². The van der Waals surface area contributed by atoms with Gasteiger partial charge in [-0.1, -0.05) is 31.1 Å². The Morgan fingerprint density at radius 3 is 1.94 bits per heavy atom. The summed E-state index contributed by atoms with van der Waals surface area (Å²) in [5, 5.41) is 1.22. The quantitative estimate of drug-likeness (QED) is 0.599.